The number of benzene rings is 1. The molecule has 0 saturated carbocycles. The molecule has 2 nitrogen and oxygen atoms in total. The van der Waals surface area contributed by atoms with Gasteiger partial charge in [-0.05, 0) is 53.9 Å². The molecule has 0 amide bonds. The third-order valence-corrected chi connectivity index (χ3v) is 6.04. The molecule has 0 fully saturated rings. The van der Waals surface area contributed by atoms with Crippen molar-refractivity contribution in [2.75, 3.05) is 6.54 Å². The van der Waals surface area contributed by atoms with Crippen LogP contribution in [0.1, 0.15) is 36.4 Å². The van der Waals surface area contributed by atoms with Gasteiger partial charge in [-0.2, -0.15) is 0 Å². The average molecular weight is 372 g/mol. The van der Waals surface area contributed by atoms with Gasteiger partial charge in [0.25, 0.3) is 0 Å². The zero-order valence-corrected chi connectivity index (χ0v) is 14.4. The van der Waals surface area contributed by atoms with Crippen LogP contribution in [0.3, 0.4) is 0 Å². The van der Waals surface area contributed by atoms with E-state index in [1.54, 1.807) is 0 Å². The van der Waals surface area contributed by atoms with Gasteiger partial charge in [0.15, 0.2) is 0 Å². The van der Waals surface area contributed by atoms with Crippen LogP contribution in [0, 0.1) is 0 Å². The van der Waals surface area contributed by atoms with Crippen molar-refractivity contribution in [3.05, 3.63) is 38.3 Å². The molecule has 1 aromatic heterocycles. The Bertz CT molecular complexity index is 626. The zero-order chi connectivity index (χ0) is 14.1. The number of fused-ring (bicyclic) bond motifs is 1. The second-order valence-corrected chi connectivity index (χ2v) is 7.25. The lowest BCUT2D eigenvalue weighted by Gasteiger charge is -2.21. The molecule has 0 bridgehead atoms. The molecule has 1 unspecified atom stereocenters. The van der Waals surface area contributed by atoms with Gasteiger partial charge in [-0.3, -0.25) is 0 Å². The Kier molecular flexibility index (Phi) is 4.46. The van der Waals surface area contributed by atoms with E-state index in [1.165, 1.54) is 23.4 Å². The molecule has 1 aliphatic rings. The van der Waals surface area contributed by atoms with E-state index in [2.05, 4.69) is 34.2 Å². The second kappa shape index (κ2) is 6.14. The number of hydrogen-bond donors (Lipinski definition) is 1. The van der Waals surface area contributed by atoms with Crippen LogP contribution in [-0.4, -0.2) is 11.5 Å². The maximum Gasteiger partial charge on any atom is 0.123 e. The minimum atomic E-state index is 0.478. The fourth-order valence-electron chi connectivity index (χ4n) is 2.61. The molecule has 3 rings (SSSR count). The Hall–Kier alpha value is -0.420. The molecule has 1 heterocycles. The molecule has 0 saturated heterocycles. The first-order valence-corrected chi connectivity index (χ1v) is 8.86. The fourth-order valence-corrected chi connectivity index (χ4v) is 4.33. The average Bonchev–Trinajstić information content (AvgIpc) is 2.87. The van der Waals surface area contributed by atoms with Gasteiger partial charge < -0.3 is 5.32 Å². The van der Waals surface area contributed by atoms with E-state index >= 15 is 0 Å². The molecule has 0 aliphatic heterocycles. The van der Waals surface area contributed by atoms with Gasteiger partial charge in [-0.1, -0.05) is 24.6 Å². The van der Waals surface area contributed by atoms with Crippen molar-refractivity contribution in [3.8, 4) is 10.6 Å². The lowest BCUT2D eigenvalue weighted by molar-refractivity contribution is 0.476. The molecule has 20 heavy (non-hydrogen) atoms. The van der Waals surface area contributed by atoms with E-state index in [9.17, 15) is 0 Å². The number of hydrogen-bond acceptors (Lipinski definition) is 3. The lowest BCUT2D eigenvalue weighted by atomic mass is 9.98. The smallest absolute Gasteiger partial charge is 0.123 e. The zero-order valence-electron chi connectivity index (χ0n) is 11.2. The van der Waals surface area contributed by atoms with E-state index in [-0.39, 0.29) is 0 Å². The predicted molar refractivity (Wildman–Crippen MR) is 89.6 cm³/mol. The van der Waals surface area contributed by atoms with E-state index in [1.807, 2.05) is 23.5 Å². The SMILES string of the molecule is CCNC1CCCc2nc(-c3ccc(Cl)c(Br)c3)sc21. The topological polar surface area (TPSA) is 24.9 Å². The summed E-state index contributed by atoms with van der Waals surface area (Å²) in [6.07, 6.45) is 3.54. The molecular formula is C15H16BrClN2S. The highest BCUT2D eigenvalue weighted by molar-refractivity contribution is 9.10. The standard InChI is InChI=1S/C15H16BrClN2S/c1-2-18-12-4-3-5-13-14(12)20-15(19-13)9-6-7-11(17)10(16)8-9/h6-8,12,18H,2-5H2,1H3. The number of halogens is 2. The van der Waals surface area contributed by atoms with Crippen LogP contribution in [0.5, 0.6) is 0 Å². The Balaban J connectivity index is 1.97. The first-order valence-electron chi connectivity index (χ1n) is 6.87. The summed E-state index contributed by atoms with van der Waals surface area (Å²) in [7, 11) is 0. The third-order valence-electron chi connectivity index (χ3n) is 3.57. The number of nitrogens with zero attached hydrogens (tertiary/aromatic N) is 1. The van der Waals surface area contributed by atoms with E-state index in [0.29, 0.717) is 6.04 Å². The van der Waals surface area contributed by atoms with Gasteiger partial charge >= 0.3 is 0 Å². The second-order valence-electron chi connectivity index (χ2n) is 4.96. The van der Waals surface area contributed by atoms with Crippen molar-refractivity contribution < 1.29 is 0 Å². The monoisotopic (exact) mass is 370 g/mol. The Morgan fingerprint density at radius 1 is 1.50 bits per heavy atom. The lowest BCUT2D eigenvalue weighted by Crippen LogP contribution is -2.23. The summed E-state index contributed by atoms with van der Waals surface area (Å²) in [6, 6.07) is 6.49. The summed E-state index contributed by atoms with van der Waals surface area (Å²) >= 11 is 11.4. The predicted octanol–water partition coefficient (Wildman–Crippen LogP) is 5.21. The fraction of sp³-hybridized carbons (Fsp3) is 0.400. The highest BCUT2D eigenvalue weighted by atomic mass is 79.9. The van der Waals surface area contributed by atoms with Crippen LogP contribution in [-0.2, 0) is 6.42 Å². The van der Waals surface area contributed by atoms with E-state index in [4.69, 9.17) is 16.6 Å². The molecular weight excluding hydrogens is 356 g/mol. The van der Waals surface area contributed by atoms with Crippen molar-refractivity contribution in [2.45, 2.75) is 32.2 Å². The minimum Gasteiger partial charge on any atom is -0.309 e. The van der Waals surface area contributed by atoms with Crippen molar-refractivity contribution in [3.63, 3.8) is 0 Å². The molecule has 1 aliphatic carbocycles. The number of aryl methyl sites for hydroxylation is 1. The summed E-state index contributed by atoms with van der Waals surface area (Å²) in [6.45, 7) is 3.16. The quantitative estimate of drug-likeness (QED) is 0.800. The summed E-state index contributed by atoms with van der Waals surface area (Å²) in [5.74, 6) is 0. The molecule has 2 aromatic rings. The van der Waals surface area contributed by atoms with Gasteiger partial charge in [0.2, 0.25) is 0 Å². The number of nitrogens with one attached hydrogen (secondary N) is 1. The largest absolute Gasteiger partial charge is 0.309 e. The van der Waals surface area contributed by atoms with Crippen LogP contribution in [0.15, 0.2) is 22.7 Å². The Morgan fingerprint density at radius 2 is 2.35 bits per heavy atom. The Labute approximate surface area is 136 Å². The van der Waals surface area contributed by atoms with Crippen molar-refractivity contribution in [1.82, 2.24) is 10.3 Å². The molecule has 5 heteroatoms. The summed E-state index contributed by atoms with van der Waals surface area (Å²) in [5.41, 5.74) is 2.41. The highest BCUT2D eigenvalue weighted by Crippen LogP contribution is 2.39. The maximum atomic E-state index is 6.06. The van der Waals surface area contributed by atoms with Gasteiger partial charge in [0.1, 0.15) is 5.01 Å². The van der Waals surface area contributed by atoms with Crippen LogP contribution >= 0.6 is 38.9 Å². The van der Waals surface area contributed by atoms with Crippen molar-refractivity contribution >= 4 is 38.9 Å². The van der Waals surface area contributed by atoms with E-state index < -0.39 is 0 Å². The van der Waals surface area contributed by atoms with E-state index in [0.717, 1.165) is 33.0 Å². The van der Waals surface area contributed by atoms with Crippen LogP contribution in [0.25, 0.3) is 10.6 Å². The van der Waals surface area contributed by atoms with Gasteiger partial charge in [0, 0.05) is 21.0 Å². The molecule has 1 N–H and O–H groups in total. The summed E-state index contributed by atoms with van der Waals surface area (Å²) in [4.78, 5) is 6.25. The van der Waals surface area contributed by atoms with Crippen molar-refractivity contribution in [1.29, 1.82) is 0 Å². The summed E-state index contributed by atoms with van der Waals surface area (Å²) in [5, 5.41) is 5.40. The number of aromatic nitrogens is 1. The molecule has 1 aromatic carbocycles. The third kappa shape index (κ3) is 2.80. The van der Waals surface area contributed by atoms with Gasteiger partial charge in [0.05, 0.1) is 10.7 Å². The van der Waals surface area contributed by atoms with Crippen LogP contribution in [0.2, 0.25) is 5.02 Å². The molecule has 1 atom stereocenters. The molecule has 106 valence electrons. The van der Waals surface area contributed by atoms with Gasteiger partial charge in [-0.25, -0.2) is 4.98 Å². The van der Waals surface area contributed by atoms with Crippen molar-refractivity contribution in [2.24, 2.45) is 0 Å². The normalized spacial score (nSPS) is 18.1. The first-order chi connectivity index (χ1) is 9.69. The van der Waals surface area contributed by atoms with Gasteiger partial charge in [-0.15, -0.1) is 11.3 Å². The van der Waals surface area contributed by atoms with Crippen LogP contribution < -0.4 is 5.32 Å². The highest BCUT2D eigenvalue weighted by Gasteiger charge is 2.24. The molecule has 0 spiro atoms. The number of rotatable bonds is 3. The minimum absolute atomic E-state index is 0.478. The molecule has 0 radical (unpaired) electrons. The van der Waals surface area contributed by atoms with Crippen LogP contribution in [0.4, 0.5) is 0 Å². The number of thiazole rings is 1. The first kappa shape index (κ1) is 14.5. The maximum absolute atomic E-state index is 6.06. The Morgan fingerprint density at radius 3 is 3.10 bits per heavy atom. The summed E-state index contributed by atoms with van der Waals surface area (Å²) < 4.78 is 0.924.